The van der Waals surface area contributed by atoms with Crippen molar-refractivity contribution in [1.82, 2.24) is 14.5 Å². The summed E-state index contributed by atoms with van der Waals surface area (Å²) >= 11 is 0. The quantitative estimate of drug-likeness (QED) is 0.267. The number of carbonyl (C=O) groups excluding carboxylic acids is 2. The number of methoxy groups -OCH3 is 1. The monoisotopic (exact) mass is 598 g/mol. The van der Waals surface area contributed by atoms with Crippen molar-refractivity contribution in [3.05, 3.63) is 95.8 Å². The lowest BCUT2D eigenvalue weighted by atomic mass is 10.0. The highest BCUT2D eigenvalue weighted by atomic mass is 32.2. The summed E-state index contributed by atoms with van der Waals surface area (Å²) in [4.78, 5) is 29.2. The highest BCUT2D eigenvalue weighted by Gasteiger charge is 2.35. The van der Waals surface area contributed by atoms with E-state index in [1.165, 1.54) is 44.3 Å². The third-order valence-electron chi connectivity index (χ3n) is 6.73. The van der Waals surface area contributed by atoms with E-state index in [0.29, 0.717) is 17.9 Å². The van der Waals surface area contributed by atoms with Crippen molar-refractivity contribution in [2.45, 2.75) is 38.8 Å². The minimum Gasteiger partial charge on any atom is -0.497 e. The zero-order valence-corrected chi connectivity index (χ0v) is 25.3. The summed E-state index contributed by atoms with van der Waals surface area (Å²) < 4.78 is 48.7. The molecule has 2 amide bonds. The normalized spacial score (nSPS) is 12.0. The maximum Gasteiger partial charge on any atom is 0.304 e. The molecule has 3 aromatic rings. The van der Waals surface area contributed by atoms with Crippen LogP contribution in [0.2, 0.25) is 0 Å². The number of para-hydroxylation sites is 1. The molecule has 0 bridgehead atoms. The molecule has 0 aliphatic heterocycles. The van der Waals surface area contributed by atoms with Gasteiger partial charge in [0.2, 0.25) is 11.8 Å². The molecule has 0 unspecified atom stereocenters. The second-order valence-corrected chi connectivity index (χ2v) is 12.0. The van der Waals surface area contributed by atoms with E-state index >= 15 is 0 Å². The molecule has 0 aliphatic rings. The number of benzene rings is 3. The summed E-state index contributed by atoms with van der Waals surface area (Å²) in [5.74, 6) is -1.27. The van der Waals surface area contributed by atoms with Crippen LogP contribution < -0.4 is 14.4 Å². The number of rotatable bonds is 15. The van der Waals surface area contributed by atoms with Gasteiger partial charge in [0.1, 0.15) is 24.2 Å². The molecular formula is C31H39FN4O5S. The third kappa shape index (κ3) is 8.53. The predicted molar refractivity (Wildman–Crippen MR) is 162 cm³/mol. The van der Waals surface area contributed by atoms with E-state index in [-0.39, 0.29) is 24.6 Å². The zero-order valence-electron chi connectivity index (χ0n) is 24.5. The second kappa shape index (κ2) is 15.3. The van der Waals surface area contributed by atoms with Crippen molar-refractivity contribution >= 4 is 27.7 Å². The highest BCUT2D eigenvalue weighted by Crippen LogP contribution is 2.25. The molecule has 0 radical (unpaired) electrons. The van der Waals surface area contributed by atoms with Gasteiger partial charge in [-0.15, -0.1) is 0 Å². The fourth-order valence-electron chi connectivity index (χ4n) is 4.38. The largest absolute Gasteiger partial charge is 0.497 e. The van der Waals surface area contributed by atoms with Gasteiger partial charge in [-0.3, -0.25) is 9.59 Å². The summed E-state index contributed by atoms with van der Waals surface area (Å²) in [6.07, 6.45) is 1.82. The lowest BCUT2D eigenvalue weighted by Crippen LogP contribution is -2.54. The number of amides is 2. The Bertz CT molecular complexity index is 1440. The molecule has 1 N–H and O–H groups in total. The molecule has 1 atom stereocenters. The van der Waals surface area contributed by atoms with Crippen LogP contribution in [-0.2, 0) is 32.8 Å². The Morgan fingerprint density at radius 2 is 1.62 bits per heavy atom. The van der Waals surface area contributed by atoms with E-state index in [1.54, 1.807) is 24.3 Å². The van der Waals surface area contributed by atoms with Crippen molar-refractivity contribution in [1.29, 1.82) is 0 Å². The van der Waals surface area contributed by atoms with Gasteiger partial charge in [0.25, 0.3) is 0 Å². The molecule has 3 aromatic carbocycles. The van der Waals surface area contributed by atoms with E-state index in [9.17, 15) is 22.4 Å². The first-order valence-corrected chi connectivity index (χ1v) is 15.2. The molecule has 0 aromatic heterocycles. The van der Waals surface area contributed by atoms with Gasteiger partial charge in [-0.2, -0.15) is 12.7 Å². The van der Waals surface area contributed by atoms with Gasteiger partial charge in [0.15, 0.2) is 0 Å². The number of anilines is 1. The number of nitrogens with one attached hydrogen (secondary N) is 1. The van der Waals surface area contributed by atoms with Crippen molar-refractivity contribution in [3.8, 4) is 5.75 Å². The maximum absolute atomic E-state index is 14.9. The van der Waals surface area contributed by atoms with Crippen LogP contribution in [0.4, 0.5) is 10.1 Å². The third-order valence-corrected chi connectivity index (χ3v) is 8.53. The van der Waals surface area contributed by atoms with Crippen LogP contribution >= 0.6 is 0 Å². The molecule has 0 spiro atoms. The Hall–Kier alpha value is -3.96. The Kier molecular flexibility index (Phi) is 11.9. The van der Waals surface area contributed by atoms with Crippen LogP contribution in [0, 0.1) is 5.82 Å². The highest BCUT2D eigenvalue weighted by molar-refractivity contribution is 7.90. The van der Waals surface area contributed by atoms with E-state index in [0.717, 1.165) is 33.1 Å². The molecule has 226 valence electrons. The minimum absolute atomic E-state index is 0.0120. The van der Waals surface area contributed by atoms with Gasteiger partial charge in [-0.1, -0.05) is 67.9 Å². The Morgan fingerprint density at radius 1 is 0.952 bits per heavy atom. The molecule has 0 aliphatic carbocycles. The SMILES string of the molecule is CCCCNC(=O)[C@@H](Cc1ccccc1)N(Cc1cccc(OC)c1)C(=O)CN(c1ccccc1F)S(=O)(=O)N(C)C. The van der Waals surface area contributed by atoms with Crippen LogP contribution in [0.1, 0.15) is 30.9 Å². The number of hydrogen-bond donors (Lipinski definition) is 1. The van der Waals surface area contributed by atoms with E-state index in [2.05, 4.69) is 5.32 Å². The summed E-state index contributed by atoms with van der Waals surface area (Å²) in [7, 11) is -0.150. The summed E-state index contributed by atoms with van der Waals surface area (Å²) in [5, 5.41) is 2.93. The standard InChI is InChI=1S/C31H39FN4O5S/c1-5-6-19-33-31(38)29(21-24-13-8-7-9-14-24)35(22-25-15-12-16-26(20-25)41-4)30(37)23-36(42(39,40)34(2)3)28-18-11-10-17-27(28)32/h7-18,20,29H,5-6,19,21-23H2,1-4H3,(H,33,38)/t29-/m1/s1. The summed E-state index contributed by atoms with van der Waals surface area (Å²) in [5.41, 5.74) is 1.23. The van der Waals surface area contributed by atoms with E-state index in [4.69, 9.17) is 4.74 Å². The van der Waals surface area contributed by atoms with Crippen molar-refractivity contribution in [2.75, 3.05) is 38.6 Å². The Morgan fingerprint density at radius 3 is 2.26 bits per heavy atom. The summed E-state index contributed by atoms with van der Waals surface area (Å²) in [6, 6.07) is 20.7. The summed E-state index contributed by atoms with van der Waals surface area (Å²) in [6.45, 7) is 1.70. The molecule has 42 heavy (non-hydrogen) atoms. The average molecular weight is 599 g/mol. The zero-order chi connectivity index (χ0) is 30.7. The molecule has 3 rings (SSSR count). The number of hydrogen-bond acceptors (Lipinski definition) is 5. The molecule has 11 heteroatoms. The topological polar surface area (TPSA) is 99.3 Å². The molecule has 0 fully saturated rings. The van der Waals surface area contributed by atoms with Crippen LogP contribution in [-0.4, -0.2) is 69.8 Å². The van der Waals surface area contributed by atoms with Crippen molar-refractivity contribution in [3.63, 3.8) is 0 Å². The number of ether oxygens (including phenoxy) is 1. The van der Waals surface area contributed by atoms with Gasteiger partial charge < -0.3 is 15.0 Å². The molecule has 0 heterocycles. The van der Waals surface area contributed by atoms with Crippen LogP contribution in [0.3, 0.4) is 0 Å². The fourth-order valence-corrected chi connectivity index (χ4v) is 5.45. The maximum atomic E-state index is 14.9. The van der Waals surface area contributed by atoms with Gasteiger partial charge in [-0.05, 0) is 41.8 Å². The minimum atomic E-state index is -4.29. The lowest BCUT2D eigenvalue weighted by molar-refractivity contribution is -0.140. The predicted octanol–water partition coefficient (Wildman–Crippen LogP) is 4.00. The second-order valence-electron chi connectivity index (χ2n) is 9.97. The van der Waals surface area contributed by atoms with Gasteiger partial charge >= 0.3 is 10.2 Å². The number of carbonyl (C=O) groups is 2. The Labute approximate surface area is 248 Å². The lowest BCUT2D eigenvalue weighted by Gasteiger charge is -2.34. The number of unbranched alkanes of at least 4 members (excludes halogenated alkanes) is 1. The average Bonchev–Trinajstić information content (AvgIpc) is 2.98. The van der Waals surface area contributed by atoms with E-state index in [1.807, 2.05) is 37.3 Å². The first-order valence-electron chi connectivity index (χ1n) is 13.8. The van der Waals surface area contributed by atoms with Crippen LogP contribution in [0.15, 0.2) is 78.9 Å². The van der Waals surface area contributed by atoms with Crippen molar-refractivity contribution in [2.24, 2.45) is 0 Å². The number of halogens is 1. The first kappa shape index (κ1) is 32.6. The molecule has 0 saturated carbocycles. The molecule has 9 nitrogen and oxygen atoms in total. The van der Waals surface area contributed by atoms with Gasteiger partial charge in [-0.25, -0.2) is 8.70 Å². The van der Waals surface area contributed by atoms with Gasteiger partial charge in [0, 0.05) is 33.6 Å². The Balaban J connectivity index is 2.10. The van der Waals surface area contributed by atoms with Crippen LogP contribution in [0.5, 0.6) is 5.75 Å². The van der Waals surface area contributed by atoms with Crippen LogP contribution in [0.25, 0.3) is 0 Å². The molecule has 0 saturated heterocycles. The van der Waals surface area contributed by atoms with Crippen molar-refractivity contribution < 1.29 is 27.1 Å². The smallest absolute Gasteiger partial charge is 0.304 e. The first-order chi connectivity index (χ1) is 20.1. The fraction of sp³-hybridized carbons (Fsp3) is 0.355. The van der Waals surface area contributed by atoms with E-state index < -0.39 is 34.5 Å². The molecular weight excluding hydrogens is 559 g/mol. The van der Waals surface area contributed by atoms with Gasteiger partial charge in [0.05, 0.1) is 12.8 Å². The number of nitrogens with zero attached hydrogens (tertiary/aromatic N) is 3.